The van der Waals surface area contributed by atoms with E-state index in [9.17, 15) is 9.59 Å². The molecule has 8 nitrogen and oxygen atoms in total. The van der Waals surface area contributed by atoms with Gasteiger partial charge in [0.1, 0.15) is 6.04 Å². The van der Waals surface area contributed by atoms with Crippen LogP contribution in [-0.2, 0) is 9.59 Å². The minimum atomic E-state index is -1.16. The largest absolute Gasteiger partial charge is 0.481 e. The Hall–Kier alpha value is -1.22. The molecule has 0 aliphatic heterocycles. The minimum absolute atomic E-state index is 0.0935. The maximum Gasteiger partial charge on any atom is 0.321 e. The lowest BCUT2D eigenvalue weighted by atomic mass is 10.1. The molecule has 0 saturated heterocycles. The highest BCUT2D eigenvalue weighted by Crippen LogP contribution is 2.04. The normalized spacial score (nSPS) is 12.6. The number of carboxylic acid groups (broad SMARTS) is 2. The Morgan fingerprint density at radius 1 is 1.21 bits per heavy atom. The lowest BCUT2D eigenvalue weighted by Gasteiger charge is -2.27. The maximum absolute atomic E-state index is 11.1. The van der Waals surface area contributed by atoms with Crippen LogP contribution in [-0.4, -0.2) is 77.5 Å². The SMILES string of the molecule is NCCN(CCNCCCO)C(CC(=O)O)C(=O)O. The number of aliphatic carboxylic acids is 2. The fourth-order valence-corrected chi connectivity index (χ4v) is 1.68. The summed E-state index contributed by atoms with van der Waals surface area (Å²) in [7, 11) is 0. The molecular formula is C11H23N3O5. The van der Waals surface area contributed by atoms with Crippen LogP contribution in [0, 0.1) is 0 Å². The number of rotatable bonds is 12. The van der Waals surface area contributed by atoms with Gasteiger partial charge in [-0.05, 0) is 13.0 Å². The van der Waals surface area contributed by atoms with Crippen LogP contribution >= 0.6 is 0 Å². The van der Waals surface area contributed by atoms with Crippen LogP contribution in [0.15, 0.2) is 0 Å². The van der Waals surface area contributed by atoms with Gasteiger partial charge in [-0.25, -0.2) is 0 Å². The standard InChI is InChI=1S/C11H23N3O5/c12-2-5-14(6-4-13-3-1-7-15)9(11(18)19)8-10(16)17/h9,13,15H,1-8,12H2,(H,16,17)(H,18,19). The predicted octanol–water partition coefficient (Wildman–Crippen LogP) is -1.85. The molecule has 0 rings (SSSR count). The summed E-state index contributed by atoms with van der Waals surface area (Å²) in [5, 5.41) is 29.4. The van der Waals surface area contributed by atoms with Gasteiger partial charge >= 0.3 is 11.9 Å². The van der Waals surface area contributed by atoms with Gasteiger partial charge in [-0.3, -0.25) is 14.5 Å². The van der Waals surface area contributed by atoms with Gasteiger partial charge in [0.2, 0.25) is 0 Å². The van der Waals surface area contributed by atoms with Gasteiger partial charge in [0.25, 0.3) is 0 Å². The molecule has 8 heteroatoms. The van der Waals surface area contributed by atoms with Crippen LogP contribution in [0.3, 0.4) is 0 Å². The molecule has 19 heavy (non-hydrogen) atoms. The van der Waals surface area contributed by atoms with E-state index >= 15 is 0 Å². The van der Waals surface area contributed by atoms with Crippen LogP contribution in [0.2, 0.25) is 0 Å². The summed E-state index contributed by atoms with van der Waals surface area (Å²) in [5.41, 5.74) is 5.41. The first-order chi connectivity index (χ1) is 9.02. The van der Waals surface area contributed by atoms with Gasteiger partial charge in [0.15, 0.2) is 0 Å². The van der Waals surface area contributed by atoms with Crippen molar-refractivity contribution in [2.45, 2.75) is 18.9 Å². The second-order valence-corrected chi connectivity index (χ2v) is 4.10. The van der Waals surface area contributed by atoms with E-state index in [1.807, 2.05) is 0 Å². The Labute approximate surface area is 112 Å². The zero-order valence-electron chi connectivity index (χ0n) is 10.9. The molecule has 0 fully saturated rings. The summed E-state index contributed by atoms with van der Waals surface area (Å²) in [6.45, 7) is 2.22. The van der Waals surface area contributed by atoms with E-state index in [0.717, 1.165) is 0 Å². The lowest BCUT2D eigenvalue weighted by Crippen LogP contribution is -2.47. The third-order valence-corrected chi connectivity index (χ3v) is 2.60. The Morgan fingerprint density at radius 3 is 2.37 bits per heavy atom. The highest BCUT2D eigenvalue weighted by molar-refractivity contribution is 5.80. The summed E-state index contributed by atoms with van der Waals surface area (Å²) >= 11 is 0. The first-order valence-corrected chi connectivity index (χ1v) is 6.23. The summed E-state index contributed by atoms with van der Waals surface area (Å²) < 4.78 is 0. The van der Waals surface area contributed by atoms with E-state index in [1.165, 1.54) is 0 Å². The smallest absolute Gasteiger partial charge is 0.321 e. The molecule has 1 atom stereocenters. The number of nitrogens with one attached hydrogen (secondary N) is 1. The topological polar surface area (TPSA) is 136 Å². The second-order valence-electron chi connectivity index (χ2n) is 4.10. The zero-order valence-corrected chi connectivity index (χ0v) is 10.9. The average Bonchev–Trinajstić information content (AvgIpc) is 2.34. The van der Waals surface area contributed by atoms with E-state index in [-0.39, 0.29) is 13.2 Å². The molecule has 0 aromatic rings. The van der Waals surface area contributed by atoms with E-state index < -0.39 is 24.4 Å². The van der Waals surface area contributed by atoms with Crippen molar-refractivity contribution in [2.75, 3.05) is 39.3 Å². The van der Waals surface area contributed by atoms with Crippen LogP contribution in [0.4, 0.5) is 0 Å². The number of carboxylic acids is 2. The molecule has 0 saturated carbocycles. The molecule has 1 unspecified atom stereocenters. The van der Waals surface area contributed by atoms with E-state index in [1.54, 1.807) is 4.90 Å². The van der Waals surface area contributed by atoms with Crippen LogP contribution in [0.1, 0.15) is 12.8 Å². The van der Waals surface area contributed by atoms with Crippen molar-refractivity contribution in [3.05, 3.63) is 0 Å². The monoisotopic (exact) mass is 277 g/mol. The molecule has 0 spiro atoms. The minimum Gasteiger partial charge on any atom is -0.481 e. The average molecular weight is 277 g/mol. The highest BCUT2D eigenvalue weighted by Gasteiger charge is 2.27. The number of hydrogen-bond donors (Lipinski definition) is 5. The Bertz CT molecular complexity index is 275. The molecule has 0 aliphatic rings. The van der Waals surface area contributed by atoms with Crippen molar-refractivity contribution in [3.63, 3.8) is 0 Å². The van der Waals surface area contributed by atoms with Crippen molar-refractivity contribution in [2.24, 2.45) is 5.73 Å². The van der Waals surface area contributed by atoms with E-state index in [4.69, 9.17) is 21.1 Å². The van der Waals surface area contributed by atoms with Crippen molar-refractivity contribution < 1.29 is 24.9 Å². The van der Waals surface area contributed by atoms with Crippen molar-refractivity contribution >= 4 is 11.9 Å². The Morgan fingerprint density at radius 2 is 1.89 bits per heavy atom. The summed E-state index contributed by atoms with van der Waals surface area (Å²) in [6.07, 6.45) is 0.167. The molecule has 0 heterocycles. The van der Waals surface area contributed by atoms with Crippen molar-refractivity contribution in [1.82, 2.24) is 10.2 Å². The molecule has 6 N–H and O–H groups in total. The van der Waals surface area contributed by atoms with Crippen LogP contribution in [0.5, 0.6) is 0 Å². The first-order valence-electron chi connectivity index (χ1n) is 6.23. The molecule has 0 amide bonds. The molecular weight excluding hydrogens is 254 g/mol. The fourth-order valence-electron chi connectivity index (χ4n) is 1.68. The number of nitrogens with two attached hydrogens (primary N) is 1. The van der Waals surface area contributed by atoms with Gasteiger partial charge in [0, 0.05) is 32.8 Å². The summed E-state index contributed by atoms with van der Waals surface area (Å²) in [4.78, 5) is 23.3. The van der Waals surface area contributed by atoms with Gasteiger partial charge in [0.05, 0.1) is 6.42 Å². The number of carbonyl (C=O) groups is 2. The van der Waals surface area contributed by atoms with Gasteiger partial charge in [-0.15, -0.1) is 0 Å². The molecule has 0 aliphatic carbocycles. The quantitative estimate of drug-likeness (QED) is 0.262. The number of aliphatic hydroxyl groups excluding tert-OH is 1. The third-order valence-electron chi connectivity index (χ3n) is 2.60. The summed E-state index contributed by atoms with van der Waals surface area (Å²) in [5.74, 6) is -2.31. The van der Waals surface area contributed by atoms with E-state index in [2.05, 4.69) is 5.32 Å². The fraction of sp³-hybridized carbons (Fsp3) is 0.818. The van der Waals surface area contributed by atoms with Gasteiger partial charge < -0.3 is 26.4 Å². The number of hydrogen-bond acceptors (Lipinski definition) is 6. The maximum atomic E-state index is 11.1. The van der Waals surface area contributed by atoms with Crippen LogP contribution in [0.25, 0.3) is 0 Å². The number of nitrogens with zero attached hydrogens (tertiary/aromatic N) is 1. The molecule has 0 aromatic heterocycles. The molecule has 0 bridgehead atoms. The second kappa shape index (κ2) is 10.7. The number of aliphatic hydroxyl groups is 1. The van der Waals surface area contributed by atoms with Crippen molar-refractivity contribution in [3.8, 4) is 0 Å². The zero-order chi connectivity index (χ0) is 14.7. The molecule has 112 valence electrons. The Balaban J connectivity index is 4.31. The third kappa shape index (κ3) is 8.49. The van der Waals surface area contributed by atoms with E-state index in [0.29, 0.717) is 32.6 Å². The molecule has 0 radical (unpaired) electrons. The lowest BCUT2D eigenvalue weighted by molar-refractivity contribution is -0.149. The van der Waals surface area contributed by atoms with Gasteiger partial charge in [-0.2, -0.15) is 0 Å². The molecule has 0 aromatic carbocycles. The Kier molecular flexibility index (Phi) is 9.99. The highest BCUT2D eigenvalue weighted by atomic mass is 16.4. The van der Waals surface area contributed by atoms with Crippen molar-refractivity contribution in [1.29, 1.82) is 0 Å². The first kappa shape index (κ1) is 17.8. The van der Waals surface area contributed by atoms with Crippen LogP contribution < -0.4 is 11.1 Å². The summed E-state index contributed by atoms with van der Waals surface area (Å²) in [6, 6.07) is -1.07. The predicted molar refractivity (Wildman–Crippen MR) is 68.9 cm³/mol. The van der Waals surface area contributed by atoms with Gasteiger partial charge in [-0.1, -0.05) is 0 Å².